The lowest BCUT2D eigenvalue weighted by atomic mass is 10.2. The summed E-state index contributed by atoms with van der Waals surface area (Å²) < 4.78 is 7.34. The van der Waals surface area contributed by atoms with Gasteiger partial charge in [0.1, 0.15) is 5.75 Å². The Labute approximate surface area is 169 Å². The molecule has 2 N–H and O–H groups in total. The number of anilines is 2. The van der Waals surface area contributed by atoms with Crippen molar-refractivity contribution in [2.75, 3.05) is 17.2 Å². The predicted molar refractivity (Wildman–Crippen MR) is 111 cm³/mol. The van der Waals surface area contributed by atoms with Crippen molar-refractivity contribution < 1.29 is 14.3 Å². The summed E-state index contributed by atoms with van der Waals surface area (Å²) in [7, 11) is 0. The average molecular weight is 484 g/mol. The quantitative estimate of drug-likeness (QED) is 0.598. The molecular weight excluding hydrogens is 464 g/mol. The minimum atomic E-state index is -0.266. The summed E-state index contributed by atoms with van der Waals surface area (Å²) in [5.74, 6) is 0.229. The minimum Gasteiger partial charge on any atom is -0.482 e. The lowest BCUT2D eigenvalue weighted by Crippen LogP contribution is -2.20. The van der Waals surface area contributed by atoms with E-state index in [1.807, 2.05) is 32.9 Å². The molecule has 0 saturated heterocycles. The molecule has 7 heteroatoms. The molecule has 2 rings (SSSR count). The number of halogens is 2. The maximum Gasteiger partial charge on any atom is 0.262 e. The molecule has 0 unspecified atom stereocenters. The topological polar surface area (TPSA) is 67.4 Å². The number of aryl methyl sites for hydroxylation is 1. The number of benzene rings is 2. The van der Waals surface area contributed by atoms with Gasteiger partial charge in [-0.3, -0.25) is 9.59 Å². The lowest BCUT2D eigenvalue weighted by molar-refractivity contribution is -0.119. The highest BCUT2D eigenvalue weighted by molar-refractivity contribution is 9.11. The van der Waals surface area contributed by atoms with Crippen LogP contribution in [-0.2, 0) is 9.59 Å². The first-order chi connectivity index (χ1) is 12.3. The van der Waals surface area contributed by atoms with Gasteiger partial charge in [-0.25, -0.2) is 0 Å². The van der Waals surface area contributed by atoms with E-state index < -0.39 is 0 Å². The molecule has 2 aromatic rings. The van der Waals surface area contributed by atoms with Crippen LogP contribution in [0, 0.1) is 12.8 Å². The fourth-order valence-electron chi connectivity index (χ4n) is 2.13. The molecule has 5 nitrogen and oxygen atoms in total. The maximum absolute atomic E-state index is 12.1. The van der Waals surface area contributed by atoms with Crippen LogP contribution in [0.3, 0.4) is 0 Å². The molecule has 0 heterocycles. The molecule has 0 atom stereocenters. The highest BCUT2D eigenvalue weighted by Gasteiger charge is 2.11. The molecule has 138 valence electrons. The second-order valence-electron chi connectivity index (χ2n) is 6.09. The van der Waals surface area contributed by atoms with Gasteiger partial charge in [-0.2, -0.15) is 0 Å². The SMILES string of the molecule is Cc1cc(Br)cc(Br)c1OCC(=O)Nc1ccc(NC(=O)C(C)C)cc1. The van der Waals surface area contributed by atoms with Crippen LogP contribution in [0.1, 0.15) is 19.4 Å². The molecule has 0 aliphatic heterocycles. The summed E-state index contributed by atoms with van der Waals surface area (Å²) in [5.41, 5.74) is 2.24. The Balaban J connectivity index is 1.91. The Morgan fingerprint density at radius 2 is 1.62 bits per heavy atom. The van der Waals surface area contributed by atoms with Crippen LogP contribution < -0.4 is 15.4 Å². The van der Waals surface area contributed by atoms with Gasteiger partial charge in [-0.05, 0) is 64.8 Å². The highest BCUT2D eigenvalue weighted by Crippen LogP contribution is 2.32. The molecule has 0 aromatic heterocycles. The zero-order valence-corrected chi connectivity index (χ0v) is 17.9. The fourth-order valence-corrected chi connectivity index (χ4v) is 3.68. The van der Waals surface area contributed by atoms with E-state index in [-0.39, 0.29) is 24.3 Å². The van der Waals surface area contributed by atoms with Crippen molar-refractivity contribution >= 4 is 55.0 Å². The number of nitrogens with one attached hydrogen (secondary N) is 2. The Morgan fingerprint density at radius 1 is 1.04 bits per heavy atom. The Hall–Kier alpha value is -1.86. The molecule has 0 saturated carbocycles. The van der Waals surface area contributed by atoms with Gasteiger partial charge in [0.05, 0.1) is 4.47 Å². The third-order valence-corrected chi connectivity index (χ3v) is 4.55. The van der Waals surface area contributed by atoms with Gasteiger partial charge in [-0.15, -0.1) is 0 Å². The third-order valence-electron chi connectivity index (χ3n) is 3.50. The fraction of sp³-hybridized carbons (Fsp3) is 0.263. The van der Waals surface area contributed by atoms with Crippen molar-refractivity contribution in [3.8, 4) is 5.75 Å². The monoisotopic (exact) mass is 482 g/mol. The van der Waals surface area contributed by atoms with Gasteiger partial charge >= 0.3 is 0 Å². The van der Waals surface area contributed by atoms with Crippen molar-refractivity contribution in [1.82, 2.24) is 0 Å². The molecule has 0 bridgehead atoms. The van der Waals surface area contributed by atoms with Crippen LogP contribution in [0.4, 0.5) is 11.4 Å². The average Bonchev–Trinajstić information content (AvgIpc) is 2.55. The summed E-state index contributed by atoms with van der Waals surface area (Å²) in [6.07, 6.45) is 0. The standard InChI is InChI=1S/C19H20Br2N2O3/c1-11(2)19(25)23-15-6-4-14(5-7-15)22-17(24)10-26-18-12(3)8-13(20)9-16(18)21/h4-9,11H,10H2,1-3H3,(H,22,24)(H,23,25). The molecule has 0 aliphatic rings. The molecule has 0 fully saturated rings. The van der Waals surface area contributed by atoms with Crippen LogP contribution in [0.5, 0.6) is 5.75 Å². The Kier molecular flexibility index (Phi) is 7.23. The maximum atomic E-state index is 12.1. The molecule has 26 heavy (non-hydrogen) atoms. The zero-order valence-electron chi connectivity index (χ0n) is 14.7. The largest absolute Gasteiger partial charge is 0.482 e. The molecule has 2 aromatic carbocycles. The van der Waals surface area contributed by atoms with Gasteiger partial charge in [-0.1, -0.05) is 29.8 Å². The third kappa shape index (κ3) is 5.85. The van der Waals surface area contributed by atoms with E-state index in [0.29, 0.717) is 17.1 Å². The van der Waals surface area contributed by atoms with Gasteiger partial charge in [0, 0.05) is 21.8 Å². The van der Waals surface area contributed by atoms with Crippen molar-refractivity contribution in [3.63, 3.8) is 0 Å². The van der Waals surface area contributed by atoms with Gasteiger partial charge in [0.2, 0.25) is 5.91 Å². The van der Waals surface area contributed by atoms with Crippen molar-refractivity contribution in [2.24, 2.45) is 5.92 Å². The Bertz CT molecular complexity index is 782. The second-order valence-corrected chi connectivity index (χ2v) is 7.86. The van der Waals surface area contributed by atoms with Crippen molar-refractivity contribution in [1.29, 1.82) is 0 Å². The molecule has 0 spiro atoms. The number of ether oxygens (including phenoxy) is 1. The predicted octanol–water partition coefficient (Wildman–Crippen LogP) is 5.13. The van der Waals surface area contributed by atoms with Crippen molar-refractivity contribution in [2.45, 2.75) is 20.8 Å². The smallest absolute Gasteiger partial charge is 0.262 e. The van der Waals surface area contributed by atoms with Crippen LogP contribution in [-0.4, -0.2) is 18.4 Å². The first kappa shape index (κ1) is 20.5. The van der Waals surface area contributed by atoms with Crippen molar-refractivity contribution in [3.05, 3.63) is 50.9 Å². The number of carbonyl (C=O) groups excluding carboxylic acids is 2. The van der Waals surface area contributed by atoms with E-state index in [4.69, 9.17) is 4.74 Å². The van der Waals surface area contributed by atoms with Crippen LogP contribution >= 0.6 is 31.9 Å². The Morgan fingerprint density at radius 3 is 2.15 bits per heavy atom. The summed E-state index contributed by atoms with van der Waals surface area (Å²) >= 11 is 6.84. The van der Waals surface area contributed by atoms with Crippen LogP contribution in [0.15, 0.2) is 45.3 Å². The van der Waals surface area contributed by atoms with E-state index in [0.717, 1.165) is 14.5 Å². The van der Waals surface area contributed by atoms with E-state index in [9.17, 15) is 9.59 Å². The first-order valence-corrected chi connectivity index (χ1v) is 9.64. The minimum absolute atomic E-state index is 0.0503. The second kappa shape index (κ2) is 9.19. The molecule has 0 radical (unpaired) electrons. The molecular formula is C19H20Br2N2O3. The summed E-state index contributed by atoms with van der Waals surface area (Å²) in [6.45, 7) is 5.46. The number of hydrogen-bond donors (Lipinski definition) is 2. The first-order valence-electron chi connectivity index (χ1n) is 8.05. The number of rotatable bonds is 6. The molecule has 2 amide bonds. The normalized spacial score (nSPS) is 10.5. The number of amides is 2. The summed E-state index contributed by atoms with van der Waals surface area (Å²) in [6, 6.07) is 10.7. The molecule has 0 aliphatic carbocycles. The highest BCUT2D eigenvalue weighted by atomic mass is 79.9. The summed E-state index contributed by atoms with van der Waals surface area (Å²) in [5, 5.41) is 5.56. The lowest BCUT2D eigenvalue weighted by Gasteiger charge is -2.12. The van der Waals surface area contributed by atoms with Crippen LogP contribution in [0.2, 0.25) is 0 Å². The zero-order chi connectivity index (χ0) is 19.3. The van der Waals surface area contributed by atoms with E-state index in [2.05, 4.69) is 42.5 Å². The van der Waals surface area contributed by atoms with E-state index in [1.165, 1.54) is 0 Å². The van der Waals surface area contributed by atoms with Gasteiger partial charge in [0.25, 0.3) is 5.91 Å². The van der Waals surface area contributed by atoms with E-state index in [1.54, 1.807) is 24.3 Å². The van der Waals surface area contributed by atoms with Crippen LogP contribution in [0.25, 0.3) is 0 Å². The van der Waals surface area contributed by atoms with Gasteiger partial charge in [0.15, 0.2) is 6.61 Å². The van der Waals surface area contributed by atoms with Gasteiger partial charge < -0.3 is 15.4 Å². The number of carbonyl (C=O) groups is 2. The summed E-state index contributed by atoms with van der Waals surface area (Å²) in [4.78, 5) is 23.8. The number of hydrogen-bond acceptors (Lipinski definition) is 3. The van der Waals surface area contributed by atoms with E-state index >= 15 is 0 Å².